The van der Waals surface area contributed by atoms with Crippen LogP contribution in [0.3, 0.4) is 0 Å². The number of aromatic amines is 1. The molecule has 12 heteroatoms. The van der Waals surface area contributed by atoms with Crippen LogP contribution < -0.4 is 5.32 Å². The van der Waals surface area contributed by atoms with E-state index in [0.717, 1.165) is 0 Å². The number of carbonyl (C=O) groups is 1. The molecule has 0 radical (unpaired) electrons. The topological polar surface area (TPSA) is 101 Å². The van der Waals surface area contributed by atoms with Crippen LogP contribution in [-0.4, -0.2) is 21.0 Å². The maximum absolute atomic E-state index is 13.4. The molecule has 0 atom stereocenters. The number of aromatic nitrogens is 2. The van der Waals surface area contributed by atoms with E-state index in [9.17, 15) is 32.5 Å². The first-order chi connectivity index (χ1) is 10.2. The predicted molar refractivity (Wildman–Crippen MR) is 64.5 cm³/mol. The van der Waals surface area contributed by atoms with Gasteiger partial charge in [-0.15, -0.1) is 5.10 Å². The lowest BCUT2D eigenvalue weighted by Gasteiger charge is -2.07. The molecule has 0 aliphatic heterocycles. The first kappa shape index (κ1) is 15.7. The first-order valence-corrected chi connectivity index (χ1v) is 5.64. The zero-order chi connectivity index (χ0) is 16.6. The minimum absolute atomic E-state index is 0.0489. The van der Waals surface area contributed by atoms with Gasteiger partial charge in [-0.05, 0) is 4.92 Å². The highest BCUT2D eigenvalue weighted by Crippen LogP contribution is 2.28. The molecule has 2 N–H and O–H groups in total. The molecule has 1 aromatic carbocycles. The summed E-state index contributed by atoms with van der Waals surface area (Å²) in [6.07, 6.45) is 0. The monoisotopic (exact) mass is 338 g/mol. The summed E-state index contributed by atoms with van der Waals surface area (Å²) in [6.45, 7) is 0. The normalized spacial score (nSPS) is 10.6. The molecule has 1 heterocycles. The number of nitrogens with zero attached hydrogens (tertiary/aromatic N) is 2. The van der Waals surface area contributed by atoms with Crippen LogP contribution in [0.5, 0.6) is 0 Å². The van der Waals surface area contributed by atoms with Gasteiger partial charge in [-0.3, -0.25) is 4.79 Å². The van der Waals surface area contributed by atoms with Crippen molar-refractivity contribution < 1.29 is 27.3 Å². The van der Waals surface area contributed by atoms with Crippen molar-refractivity contribution in [2.45, 2.75) is 0 Å². The zero-order valence-electron chi connectivity index (χ0n) is 10.1. The molecule has 7 nitrogen and oxygen atoms in total. The van der Waals surface area contributed by atoms with E-state index in [1.54, 1.807) is 0 Å². The van der Waals surface area contributed by atoms with Gasteiger partial charge in [-0.1, -0.05) is 16.7 Å². The van der Waals surface area contributed by atoms with Crippen LogP contribution in [0.4, 0.5) is 29.1 Å². The molecule has 116 valence electrons. The zero-order valence-corrected chi connectivity index (χ0v) is 10.8. The van der Waals surface area contributed by atoms with Crippen LogP contribution in [0.25, 0.3) is 0 Å². The van der Waals surface area contributed by atoms with Crippen molar-refractivity contribution in [3.63, 3.8) is 0 Å². The minimum atomic E-state index is -1.85. The molecule has 0 saturated heterocycles. The number of benzene rings is 1. The molecule has 0 spiro atoms. The third-order valence-corrected chi connectivity index (χ3v) is 2.80. The van der Waals surface area contributed by atoms with Crippen molar-refractivity contribution in [2.24, 2.45) is 0 Å². The third kappa shape index (κ3) is 2.57. The second kappa shape index (κ2) is 5.60. The molecule has 0 fully saturated rings. The van der Waals surface area contributed by atoms with Crippen molar-refractivity contribution >= 4 is 29.0 Å². The Bertz CT molecular complexity index is 769. The summed E-state index contributed by atoms with van der Waals surface area (Å²) in [6, 6.07) is -0.0489. The standard InChI is InChI=1S/C10H3ClF4N4O3/c11-4-7(17-18-9(4)19(21)22)10(20)16-8-5(14)2(12)1-3(13)6(8)15/h1H,(H,16,20)(H,17,18). The number of rotatable bonds is 3. The highest BCUT2D eigenvalue weighted by Gasteiger charge is 2.28. The molecule has 2 rings (SSSR count). The second-order valence-electron chi connectivity index (χ2n) is 3.79. The van der Waals surface area contributed by atoms with Gasteiger partial charge < -0.3 is 15.4 Å². The highest BCUT2D eigenvalue weighted by atomic mass is 35.5. The average Bonchev–Trinajstić information content (AvgIpc) is 2.83. The molecule has 2 aromatic rings. The van der Waals surface area contributed by atoms with Crippen LogP contribution in [0, 0.1) is 33.4 Å². The van der Waals surface area contributed by atoms with Gasteiger partial charge in [-0.2, -0.15) is 0 Å². The average molecular weight is 339 g/mol. The third-order valence-electron chi connectivity index (χ3n) is 2.44. The lowest BCUT2D eigenvalue weighted by Crippen LogP contribution is -2.16. The summed E-state index contributed by atoms with van der Waals surface area (Å²) < 4.78 is 52.8. The van der Waals surface area contributed by atoms with Crippen LogP contribution in [0.2, 0.25) is 5.02 Å². The Balaban J connectivity index is 2.40. The summed E-state index contributed by atoms with van der Waals surface area (Å²) in [5, 5.41) is 16.3. The lowest BCUT2D eigenvalue weighted by molar-refractivity contribution is -0.389. The second-order valence-corrected chi connectivity index (χ2v) is 4.17. The van der Waals surface area contributed by atoms with Crippen molar-refractivity contribution in [2.75, 3.05) is 5.32 Å². The summed E-state index contributed by atoms with van der Waals surface area (Å²) in [4.78, 5) is 21.2. The summed E-state index contributed by atoms with van der Waals surface area (Å²) >= 11 is 5.49. The maximum atomic E-state index is 13.4. The number of nitrogens with one attached hydrogen (secondary N) is 2. The van der Waals surface area contributed by atoms with Crippen molar-refractivity contribution in [1.82, 2.24) is 10.2 Å². The largest absolute Gasteiger partial charge is 0.362 e. The van der Waals surface area contributed by atoms with E-state index in [2.05, 4.69) is 5.10 Å². The Morgan fingerprint density at radius 1 is 1.27 bits per heavy atom. The molecule has 0 aliphatic rings. The van der Waals surface area contributed by atoms with Gasteiger partial charge in [0.25, 0.3) is 5.91 Å². The van der Waals surface area contributed by atoms with Gasteiger partial charge in [0.2, 0.25) is 0 Å². The fraction of sp³-hybridized carbons (Fsp3) is 0. The number of anilines is 1. The number of amides is 1. The number of nitro groups is 1. The number of hydrogen-bond donors (Lipinski definition) is 2. The maximum Gasteiger partial charge on any atom is 0.362 e. The van der Waals surface area contributed by atoms with E-state index in [1.165, 1.54) is 5.32 Å². The number of H-pyrrole nitrogens is 1. The van der Waals surface area contributed by atoms with Crippen molar-refractivity contribution in [1.29, 1.82) is 0 Å². The molecule has 0 saturated carbocycles. The van der Waals surface area contributed by atoms with E-state index in [4.69, 9.17) is 11.6 Å². The minimum Gasteiger partial charge on any atom is -0.358 e. The fourth-order valence-electron chi connectivity index (χ4n) is 1.45. The smallest absolute Gasteiger partial charge is 0.358 e. The van der Waals surface area contributed by atoms with E-state index in [0.29, 0.717) is 0 Å². The molecular weight excluding hydrogens is 336 g/mol. The lowest BCUT2D eigenvalue weighted by atomic mass is 10.2. The van der Waals surface area contributed by atoms with E-state index < -0.39 is 56.3 Å². The van der Waals surface area contributed by atoms with E-state index >= 15 is 0 Å². The summed E-state index contributed by atoms with van der Waals surface area (Å²) in [7, 11) is 0. The van der Waals surface area contributed by atoms with Gasteiger partial charge >= 0.3 is 5.82 Å². The number of halogens is 5. The molecule has 22 heavy (non-hydrogen) atoms. The summed E-state index contributed by atoms with van der Waals surface area (Å²) in [5.41, 5.74) is -2.19. The van der Waals surface area contributed by atoms with Crippen molar-refractivity contribution in [3.05, 3.63) is 50.2 Å². The Morgan fingerprint density at radius 3 is 2.27 bits per heavy atom. The molecule has 1 amide bonds. The Kier molecular flexibility index (Phi) is 3.99. The van der Waals surface area contributed by atoms with Gasteiger partial charge in [0.1, 0.15) is 5.69 Å². The molecule has 0 unspecified atom stereocenters. The van der Waals surface area contributed by atoms with Crippen LogP contribution in [0.1, 0.15) is 10.5 Å². The Morgan fingerprint density at radius 2 is 1.82 bits per heavy atom. The van der Waals surface area contributed by atoms with Gasteiger partial charge in [0, 0.05) is 6.07 Å². The molecular formula is C10H3ClF4N4O3. The van der Waals surface area contributed by atoms with Crippen LogP contribution in [-0.2, 0) is 0 Å². The summed E-state index contributed by atoms with van der Waals surface area (Å²) in [5.74, 6) is -9.43. The Hall–Kier alpha value is -2.69. The van der Waals surface area contributed by atoms with Gasteiger partial charge in [-0.25, -0.2) is 17.6 Å². The number of hydrogen-bond acceptors (Lipinski definition) is 4. The van der Waals surface area contributed by atoms with Crippen molar-refractivity contribution in [3.8, 4) is 0 Å². The van der Waals surface area contributed by atoms with E-state index in [-0.39, 0.29) is 6.07 Å². The molecule has 0 aliphatic carbocycles. The number of carbonyl (C=O) groups excluding carboxylic acids is 1. The predicted octanol–water partition coefficient (Wildman–Crippen LogP) is 2.78. The van der Waals surface area contributed by atoms with Gasteiger partial charge in [0.05, 0.1) is 0 Å². The van der Waals surface area contributed by atoms with Crippen LogP contribution in [0.15, 0.2) is 6.07 Å². The Labute approximate surface area is 123 Å². The van der Waals surface area contributed by atoms with Crippen LogP contribution >= 0.6 is 11.6 Å². The molecule has 1 aromatic heterocycles. The quantitative estimate of drug-likeness (QED) is 0.389. The highest BCUT2D eigenvalue weighted by molar-refractivity contribution is 6.35. The fourth-order valence-corrected chi connectivity index (χ4v) is 1.69. The van der Waals surface area contributed by atoms with E-state index in [1.807, 2.05) is 5.10 Å². The molecule has 0 bridgehead atoms. The SMILES string of the molecule is O=C(Nc1c(F)c(F)cc(F)c1F)c1n[nH]c([N+](=O)[O-])c1Cl. The van der Waals surface area contributed by atoms with Gasteiger partial charge in [0.15, 0.2) is 34.0 Å². The first-order valence-electron chi connectivity index (χ1n) is 5.26.